The Morgan fingerprint density at radius 3 is 1.00 bits per heavy atom. The normalized spacial score (nSPS) is 0. The van der Waals surface area contributed by atoms with Gasteiger partial charge in [0, 0.05) is 0 Å². The van der Waals surface area contributed by atoms with Crippen LogP contribution in [0.2, 0.25) is 0 Å². The second kappa shape index (κ2) is 16.6. The standard InChI is InChI=1S/GeH4.In.Sb.Sn.8H/h1H4;;;;;;;;;;;. The fourth-order valence-corrected chi connectivity index (χ4v) is 0. The van der Waals surface area contributed by atoms with Crippen molar-refractivity contribution in [2.75, 3.05) is 0 Å². The molecule has 0 aromatic rings. The molecular weight excluding hydrogens is 428 g/mol. The van der Waals surface area contributed by atoms with Crippen LogP contribution in [0.3, 0.4) is 0 Å². The summed E-state index contributed by atoms with van der Waals surface area (Å²) in [5, 5.41) is 0. The van der Waals surface area contributed by atoms with Gasteiger partial charge < -0.3 is 0 Å². The topological polar surface area (TPSA) is 0 Å². The molecule has 0 aliphatic carbocycles. The van der Waals surface area contributed by atoms with Crippen LogP contribution in [0.5, 0.6) is 0 Å². The molecule has 0 amide bonds. The maximum absolute atomic E-state index is 0. The van der Waals surface area contributed by atoms with E-state index in [0.29, 0.717) is 0 Å². The summed E-state index contributed by atoms with van der Waals surface area (Å²) in [4.78, 5) is 0. The molecule has 0 spiro atoms. The van der Waals surface area contributed by atoms with Crippen molar-refractivity contribution in [1.29, 1.82) is 0 Å². The first-order chi connectivity index (χ1) is 0. The van der Waals surface area contributed by atoms with Gasteiger partial charge in [-0.1, -0.05) is 0 Å². The second-order valence-corrected chi connectivity index (χ2v) is 0. The molecule has 4 heteroatoms. The van der Waals surface area contributed by atoms with Crippen molar-refractivity contribution in [3.63, 3.8) is 0 Å². The van der Waals surface area contributed by atoms with E-state index >= 15 is 0 Å². The first-order valence-electron chi connectivity index (χ1n) is 0. The zero-order valence-electron chi connectivity index (χ0n) is 1.41. The predicted octanol–water partition coefficient (Wildman–Crippen LogP) is -4.74. The SMILES string of the molecule is [GeH4].[InH3].[SbH3].[SnH2]. The van der Waals surface area contributed by atoms with Gasteiger partial charge >= 0.3 is 91.8 Å². The summed E-state index contributed by atoms with van der Waals surface area (Å²) in [6.45, 7) is 0. The number of hydrogen-bond acceptors (Lipinski definition) is 0. The van der Waals surface area contributed by atoms with E-state index in [1.807, 2.05) is 0 Å². The molecule has 0 aromatic carbocycles. The number of hydrogen-bond donors (Lipinski definition) is 0. The first-order valence-corrected chi connectivity index (χ1v) is 0. The second-order valence-electron chi connectivity index (χ2n) is 0. The summed E-state index contributed by atoms with van der Waals surface area (Å²) < 4.78 is 0. The minimum absolute atomic E-state index is 0. The zero-order valence-corrected chi connectivity index (χ0v) is 9.49. The van der Waals surface area contributed by atoms with Gasteiger partial charge in [0.2, 0.25) is 0 Å². The third-order valence-corrected chi connectivity index (χ3v) is 0. The summed E-state index contributed by atoms with van der Waals surface area (Å²) >= 11 is 0. The summed E-state index contributed by atoms with van der Waals surface area (Å²) in [6, 6.07) is 0. The monoisotopic (exact) mass is 442 g/mol. The summed E-state index contributed by atoms with van der Waals surface area (Å²) in [6.07, 6.45) is 0. The Bertz CT molecular complexity index is 8.00. The fourth-order valence-electron chi connectivity index (χ4n) is 0. The molecule has 0 unspecified atom stereocenters. The maximum atomic E-state index is 0. The Morgan fingerprint density at radius 1 is 1.00 bits per heavy atom. The van der Waals surface area contributed by atoms with E-state index < -0.39 is 0 Å². The van der Waals surface area contributed by atoms with Gasteiger partial charge in [0.05, 0.1) is 0 Å². The Labute approximate surface area is 90.0 Å². The summed E-state index contributed by atoms with van der Waals surface area (Å²) in [5.74, 6) is 0. The average Bonchev–Trinajstić information content (AvgIpc) is 0. The number of rotatable bonds is 0. The van der Waals surface area contributed by atoms with E-state index in [1.54, 1.807) is 0 Å². The molecule has 0 rings (SSSR count). The van der Waals surface area contributed by atoms with Crippen LogP contribution < -0.4 is 0 Å². The van der Waals surface area contributed by atoms with Gasteiger partial charge in [-0.2, -0.15) is 0 Å². The zero-order chi connectivity index (χ0) is 0. The molecular formula is H12GeInSbSn. The van der Waals surface area contributed by atoms with Crippen LogP contribution in [0, 0.1) is 0 Å². The first kappa shape index (κ1) is 27.8. The molecule has 0 N–H and O–H groups in total. The molecule has 0 nitrogen and oxygen atoms in total. The summed E-state index contributed by atoms with van der Waals surface area (Å²) in [5.41, 5.74) is 0. The molecule has 0 atom stereocenters. The van der Waals surface area contributed by atoms with E-state index in [4.69, 9.17) is 0 Å². The van der Waals surface area contributed by atoms with Crippen LogP contribution in [0.15, 0.2) is 0 Å². The fraction of sp³-hybridized carbons (Fsp3) is 0. The van der Waals surface area contributed by atoms with E-state index in [1.165, 1.54) is 0 Å². The Morgan fingerprint density at radius 2 is 1.00 bits per heavy atom. The van der Waals surface area contributed by atoms with Gasteiger partial charge in [-0.15, -0.1) is 0 Å². The van der Waals surface area contributed by atoms with Crippen molar-refractivity contribution in [3.8, 4) is 0 Å². The molecule has 2 radical (unpaired) electrons. The van der Waals surface area contributed by atoms with Crippen LogP contribution in [0.4, 0.5) is 0 Å². The van der Waals surface area contributed by atoms with Crippen molar-refractivity contribution in [2.24, 2.45) is 0 Å². The van der Waals surface area contributed by atoms with Gasteiger partial charge in [0.25, 0.3) is 0 Å². The van der Waals surface area contributed by atoms with Crippen LogP contribution >= 0.6 is 0 Å². The molecule has 0 bridgehead atoms. The van der Waals surface area contributed by atoms with Gasteiger partial charge in [-0.3, -0.25) is 0 Å². The van der Waals surface area contributed by atoms with E-state index in [0.717, 1.165) is 0 Å². The average molecular weight is 440 g/mol. The molecule has 0 fully saturated rings. The molecule has 0 heterocycles. The predicted molar refractivity (Wildman–Crippen MR) is 39.8 cm³/mol. The van der Waals surface area contributed by atoms with Gasteiger partial charge in [-0.25, -0.2) is 0 Å². The van der Waals surface area contributed by atoms with Crippen LogP contribution in [-0.4, -0.2) is 91.8 Å². The van der Waals surface area contributed by atoms with Crippen LogP contribution in [0.1, 0.15) is 0 Å². The van der Waals surface area contributed by atoms with Crippen molar-refractivity contribution in [2.45, 2.75) is 0 Å². The Balaban J connectivity index is 0. The van der Waals surface area contributed by atoms with E-state index in [9.17, 15) is 0 Å². The van der Waals surface area contributed by atoms with E-state index in [-0.39, 0.29) is 91.8 Å². The molecule has 0 aromatic heterocycles. The molecule has 28 valence electrons. The molecule has 0 saturated heterocycles. The van der Waals surface area contributed by atoms with E-state index in [2.05, 4.69) is 0 Å². The van der Waals surface area contributed by atoms with Crippen molar-refractivity contribution in [3.05, 3.63) is 0 Å². The van der Waals surface area contributed by atoms with Crippen LogP contribution in [-0.2, 0) is 0 Å². The summed E-state index contributed by atoms with van der Waals surface area (Å²) in [7, 11) is 0. The van der Waals surface area contributed by atoms with Gasteiger partial charge in [0.15, 0.2) is 0 Å². The quantitative estimate of drug-likeness (QED) is 0.333. The van der Waals surface area contributed by atoms with Gasteiger partial charge in [-0.05, 0) is 0 Å². The molecule has 0 aliphatic rings. The Kier molecular flexibility index (Phi) is 116. The minimum atomic E-state index is 0. The molecule has 4 heavy (non-hydrogen) atoms. The molecule has 0 aliphatic heterocycles. The van der Waals surface area contributed by atoms with Gasteiger partial charge in [0.1, 0.15) is 0 Å². The van der Waals surface area contributed by atoms with Crippen molar-refractivity contribution < 1.29 is 0 Å². The van der Waals surface area contributed by atoms with Crippen molar-refractivity contribution in [1.82, 2.24) is 0 Å². The third kappa shape index (κ3) is 8.90. The third-order valence-electron chi connectivity index (χ3n) is 0. The van der Waals surface area contributed by atoms with Crippen molar-refractivity contribution >= 4 is 91.8 Å². The Hall–Kier alpha value is 3.03. The van der Waals surface area contributed by atoms with Crippen LogP contribution in [0.25, 0.3) is 0 Å². The molecule has 0 saturated carbocycles.